The van der Waals surface area contributed by atoms with Crippen LogP contribution in [0.15, 0.2) is 12.1 Å². The molecule has 2 aliphatic rings. The van der Waals surface area contributed by atoms with Crippen LogP contribution in [0.4, 0.5) is 0 Å². The molecule has 0 N–H and O–H groups in total. The van der Waals surface area contributed by atoms with Crippen molar-refractivity contribution in [2.45, 2.75) is 38.1 Å². The summed E-state index contributed by atoms with van der Waals surface area (Å²) in [6.45, 7) is 3.43. The summed E-state index contributed by atoms with van der Waals surface area (Å²) in [4.78, 5) is 24.2. The normalized spacial score (nSPS) is 23.8. The SMILES string of the molecule is COc1ccc(OC)c2c1CC(OC(C)=O)(C(C)=O)CC21OCCO1. The molecule has 7 nitrogen and oxygen atoms in total. The van der Waals surface area contributed by atoms with Crippen LogP contribution in [-0.4, -0.2) is 44.8 Å². The smallest absolute Gasteiger partial charge is 0.303 e. The van der Waals surface area contributed by atoms with E-state index in [0.717, 1.165) is 0 Å². The third kappa shape index (κ3) is 2.77. The lowest BCUT2D eigenvalue weighted by Crippen LogP contribution is -2.53. The second kappa shape index (κ2) is 6.31. The van der Waals surface area contributed by atoms with E-state index < -0.39 is 17.4 Å². The Bertz CT molecular complexity index is 706. The van der Waals surface area contributed by atoms with Crippen molar-refractivity contribution >= 4 is 11.8 Å². The van der Waals surface area contributed by atoms with E-state index >= 15 is 0 Å². The highest BCUT2D eigenvalue weighted by atomic mass is 16.7. The molecule has 1 fully saturated rings. The number of rotatable bonds is 4. The van der Waals surface area contributed by atoms with Crippen LogP contribution in [0.3, 0.4) is 0 Å². The number of carbonyl (C=O) groups is 2. The average Bonchev–Trinajstić information content (AvgIpc) is 3.01. The molecule has 1 aromatic carbocycles. The maximum absolute atomic E-state index is 12.5. The number of hydrogen-bond donors (Lipinski definition) is 0. The quantitative estimate of drug-likeness (QED) is 0.765. The summed E-state index contributed by atoms with van der Waals surface area (Å²) >= 11 is 0. The summed E-state index contributed by atoms with van der Waals surface area (Å²) in [6.07, 6.45) is 0.248. The van der Waals surface area contributed by atoms with Crippen LogP contribution in [0.2, 0.25) is 0 Å². The van der Waals surface area contributed by atoms with E-state index in [1.165, 1.54) is 13.8 Å². The second-order valence-electron chi connectivity index (χ2n) is 6.27. The highest BCUT2D eigenvalue weighted by molar-refractivity contribution is 5.88. The van der Waals surface area contributed by atoms with Crippen LogP contribution in [-0.2, 0) is 36.0 Å². The Morgan fingerprint density at radius 2 is 1.64 bits per heavy atom. The number of Topliss-reactive ketones (excluding diaryl/α,β-unsaturated/α-hetero) is 1. The fourth-order valence-corrected chi connectivity index (χ4v) is 3.74. The maximum atomic E-state index is 12.5. The van der Waals surface area contributed by atoms with Crippen molar-refractivity contribution in [1.29, 1.82) is 0 Å². The van der Waals surface area contributed by atoms with E-state index in [-0.39, 0.29) is 18.6 Å². The fraction of sp³-hybridized carbons (Fsp3) is 0.556. The maximum Gasteiger partial charge on any atom is 0.303 e. The van der Waals surface area contributed by atoms with Crippen LogP contribution < -0.4 is 9.47 Å². The molecule has 25 heavy (non-hydrogen) atoms. The van der Waals surface area contributed by atoms with Crippen LogP contribution in [0.1, 0.15) is 31.4 Å². The minimum absolute atomic E-state index is 0.0748. The third-order valence-corrected chi connectivity index (χ3v) is 4.77. The zero-order chi connectivity index (χ0) is 18.2. The molecule has 1 spiro atoms. The molecule has 1 heterocycles. The van der Waals surface area contributed by atoms with Crippen molar-refractivity contribution in [3.8, 4) is 11.5 Å². The van der Waals surface area contributed by atoms with Gasteiger partial charge >= 0.3 is 5.97 Å². The predicted octanol–water partition coefficient (Wildman–Crippen LogP) is 1.74. The molecule has 1 aliphatic heterocycles. The van der Waals surface area contributed by atoms with Gasteiger partial charge in [-0.2, -0.15) is 0 Å². The fourth-order valence-electron chi connectivity index (χ4n) is 3.74. The van der Waals surface area contributed by atoms with E-state index in [9.17, 15) is 9.59 Å². The first-order valence-corrected chi connectivity index (χ1v) is 8.10. The van der Waals surface area contributed by atoms with Gasteiger partial charge < -0.3 is 23.7 Å². The van der Waals surface area contributed by atoms with Gasteiger partial charge in [0.15, 0.2) is 11.4 Å². The average molecular weight is 350 g/mol. The molecule has 3 rings (SSSR count). The molecule has 0 aromatic heterocycles. The zero-order valence-corrected chi connectivity index (χ0v) is 14.8. The lowest BCUT2D eigenvalue weighted by Gasteiger charge is -2.44. The molecule has 0 saturated carbocycles. The number of esters is 1. The number of hydrogen-bond acceptors (Lipinski definition) is 7. The summed E-state index contributed by atoms with van der Waals surface area (Å²) in [6, 6.07) is 3.53. The van der Waals surface area contributed by atoms with Crippen molar-refractivity contribution in [2.75, 3.05) is 27.4 Å². The molecule has 0 amide bonds. The van der Waals surface area contributed by atoms with E-state index in [4.69, 9.17) is 23.7 Å². The lowest BCUT2D eigenvalue weighted by molar-refractivity contribution is -0.219. The summed E-state index contributed by atoms with van der Waals surface area (Å²) < 4.78 is 28.4. The predicted molar refractivity (Wildman–Crippen MR) is 86.6 cm³/mol. The molecular weight excluding hydrogens is 328 g/mol. The van der Waals surface area contributed by atoms with Gasteiger partial charge in [0.1, 0.15) is 11.5 Å². The van der Waals surface area contributed by atoms with Gasteiger partial charge in [0, 0.05) is 18.9 Å². The molecule has 1 atom stereocenters. The van der Waals surface area contributed by atoms with Gasteiger partial charge in [-0.1, -0.05) is 0 Å². The van der Waals surface area contributed by atoms with E-state index in [1.807, 2.05) is 0 Å². The molecule has 0 radical (unpaired) electrons. The van der Waals surface area contributed by atoms with Gasteiger partial charge in [-0.15, -0.1) is 0 Å². The molecule has 136 valence electrons. The lowest BCUT2D eigenvalue weighted by atomic mass is 9.73. The number of ketones is 1. The third-order valence-electron chi connectivity index (χ3n) is 4.77. The Labute approximate surface area is 146 Å². The van der Waals surface area contributed by atoms with E-state index in [1.54, 1.807) is 26.4 Å². The molecule has 1 aliphatic carbocycles. The topological polar surface area (TPSA) is 80.3 Å². The Kier molecular flexibility index (Phi) is 4.47. The molecular formula is C18H22O7. The van der Waals surface area contributed by atoms with Crippen LogP contribution >= 0.6 is 0 Å². The number of ether oxygens (including phenoxy) is 5. The van der Waals surface area contributed by atoms with Gasteiger partial charge in [0.05, 0.1) is 39.4 Å². The number of benzene rings is 1. The van der Waals surface area contributed by atoms with Gasteiger partial charge in [-0.3, -0.25) is 9.59 Å². The monoisotopic (exact) mass is 350 g/mol. The Balaban J connectivity index is 2.25. The summed E-state index contributed by atoms with van der Waals surface area (Å²) in [5.74, 6) is -0.871. The van der Waals surface area contributed by atoms with Crippen LogP contribution in [0.5, 0.6) is 11.5 Å². The molecule has 7 heteroatoms. The van der Waals surface area contributed by atoms with Gasteiger partial charge in [-0.05, 0) is 19.1 Å². The summed E-state index contributed by atoms with van der Waals surface area (Å²) in [7, 11) is 3.10. The van der Waals surface area contributed by atoms with Crippen molar-refractivity contribution in [3.63, 3.8) is 0 Å². The van der Waals surface area contributed by atoms with Crippen molar-refractivity contribution in [2.24, 2.45) is 0 Å². The highest BCUT2D eigenvalue weighted by Crippen LogP contribution is 2.53. The molecule has 1 aromatic rings. The Hall–Kier alpha value is -2.12. The van der Waals surface area contributed by atoms with Crippen molar-refractivity contribution in [1.82, 2.24) is 0 Å². The van der Waals surface area contributed by atoms with Gasteiger partial charge in [0.2, 0.25) is 5.79 Å². The first-order valence-electron chi connectivity index (χ1n) is 8.10. The number of methoxy groups -OCH3 is 2. The van der Waals surface area contributed by atoms with Crippen LogP contribution in [0, 0.1) is 0 Å². The summed E-state index contributed by atoms with van der Waals surface area (Å²) in [5.41, 5.74) is 0.00495. The zero-order valence-electron chi connectivity index (χ0n) is 14.8. The molecule has 1 unspecified atom stereocenters. The van der Waals surface area contributed by atoms with Crippen LogP contribution in [0.25, 0.3) is 0 Å². The second-order valence-corrected chi connectivity index (χ2v) is 6.27. The van der Waals surface area contributed by atoms with E-state index in [0.29, 0.717) is 35.8 Å². The first kappa shape index (κ1) is 17.7. The minimum atomic E-state index is -1.37. The number of fused-ring (bicyclic) bond motifs is 2. The number of carbonyl (C=O) groups excluding carboxylic acids is 2. The minimum Gasteiger partial charge on any atom is -0.496 e. The standard InChI is InChI=1S/C18H22O7/c1-11(19)17(25-12(2)20)9-13-14(21-3)5-6-15(22-4)16(13)18(10-17)23-7-8-24-18/h5-6H,7-10H2,1-4H3. The Morgan fingerprint density at radius 3 is 2.16 bits per heavy atom. The van der Waals surface area contributed by atoms with E-state index in [2.05, 4.69) is 0 Å². The van der Waals surface area contributed by atoms with Gasteiger partial charge in [-0.25, -0.2) is 0 Å². The largest absolute Gasteiger partial charge is 0.496 e. The first-order chi connectivity index (χ1) is 11.9. The highest BCUT2D eigenvalue weighted by Gasteiger charge is 2.57. The summed E-state index contributed by atoms with van der Waals surface area (Å²) in [5, 5.41) is 0. The van der Waals surface area contributed by atoms with Crippen molar-refractivity contribution < 1.29 is 33.3 Å². The molecule has 1 saturated heterocycles. The Morgan fingerprint density at radius 1 is 1.04 bits per heavy atom. The van der Waals surface area contributed by atoms with Crippen molar-refractivity contribution in [3.05, 3.63) is 23.3 Å². The van der Waals surface area contributed by atoms with Gasteiger partial charge in [0.25, 0.3) is 0 Å². The molecule has 0 bridgehead atoms.